The first-order valence-corrected chi connectivity index (χ1v) is 11.8. The monoisotopic (exact) mass is 447 g/mol. The molecule has 2 aromatic heterocycles. The lowest BCUT2D eigenvalue weighted by molar-refractivity contribution is 0.0596. The molecule has 2 aromatic carbocycles. The molecule has 1 amide bonds. The molecule has 4 aromatic rings. The Kier molecular flexibility index (Phi) is 6.01. The second kappa shape index (κ2) is 9.22. The number of aromatic nitrogens is 1. The van der Waals surface area contributed by atoms with E-state index in [-0.39, 0.29) is 5.91 Å². The Labute approximate surface area is 191 Å². The van der Waals surface area contributed by atoms with Crippen LogP contribution in [0.25, 0.3) is 11.1 Å². The largest absolute Gasteiger partial charge is 0.455 e. The molecule has 0 unspecified atom stereocenters. The van der Waals surface area contributed by atoms with Crippen molar-refractivity contribution in [2.45, 2.75) is 24.4 Å². The lowest BCUT2D eigenvalue weighted by atomic mass is 10.2. The van der Waals surface area contributed by atoms with Gasteiger partial charge in [-0.1, -0.05) is 54.2 Å². The Hall–Kier alpha value is -3.03. The first-order valence-electron chi connectivity index (χ1n) is 10.8. The Morgan fingerprint density at radius 3 is 2.56 bits per heavy atom. The molecule has 1 saturated heterocycles. The number of hydrogen-bond donors (Lipinski definition) is 0. The van der Waals surface area contributed by atoms with Crippen LogP contribution in [0.15, 0.2) is 74.7 Å². The van der Waals surface area contributed by atoms with Crippen LogP contribution < -0.4 is 0 Å². The molecule has 7 heteroatoms. The molecule has 0 aliphatic carbocycles. The fourth-order valence-electron chi connectivity index (χ4n) is 3.94. The molecule has 0 radical (unpaired) electrons. The molecule has 5 rings (SSSR count). The molecule has 0 saturated carbocycles. The summed E-state index contributed by atoms with van der Waals surface area (Å²) in [4.78, 5) is 21.7. The van der Waals surface area contributed by atoms with Crippen molar-refractivity contribution >= 4 is 28.8 Å². The van der Waals surface area contributed by atoms with E-state index in [9.17, 15) is 4.79 Å². The number of nitrogens with zero attached hydrogens (tertiary/aromatic N) is 3. The van der Waals surface area contributed by atoms with Crippen LogP contribution in [0.5, 0.6) is 0 Å². The van der Waals surface area contributed by atoms with Crippen LogP contribution >= 0.6 is 11.8 Å². The van der Waals surface area contributed by atoms with Crippen LogP contribution in [0.4, 0.5) is 0 Å². The molecule has 0 N–H and O–H groups in total. The third kappa shape index (κ3) is 4.59. The first kappa shape index (κ1) is 20.8. The van der Waals surface area contributed by atoms with Gasteiger partial charge in [0.2, 0.25) is 0 Å². The van der Waals surface area contributed by atoms with Crippen molar-refractivity contribution in [1.82, 2.24) is 14.8 Å². The highest BCUT2D eigenvalue weighted by Crippen LogP contribution is 2.28. The predicted molar refractivity (Wildman–Crippen MR) is 125 cm³/mol. The van der Waals surface area contributed by atoms with Gasteiger partial charge in [-0.3, -0.25) is 9.69 Å². The van der Waals surface area contributed by atoms with E-state index in [1.54, 1.807) is 6.07 Å². The Morgan fingerprint density at radius 1 is 0.969 bits per heavy atom. The number of oxazole rings is 1. The van der Waals surface area contributed by atoms with Gasteiger partial charge in [-0.15, -0.1) is 0 Å². The van der Waals surface area contributed by atoms with Crippen molar-refractivity contribution in [3.8, 4) is 0 Å². The van der Waals surface area contributed by atoms with Crippen molar-refractivity contribution in [1.29, 1.82) is 0 Å². The molecule has 6 nitrogen and oxygen atoms in total. The van der Waals surface area contributed by atoms with Crippen molar-refractivity contribution in [3.63, 3.8) is 0 Å². The maximum Gasteiger partial charge on any atom is 0.289 e. The van der Waals surface area contributed by atoms with Gasteiger partial charge in [0.15, 0.2) is 11.3 Å². The smallest absolute Gasteiger partial charge is 0.289 e. The van der Waals surface area contributed by atoms with E-state index in [4.69, 9.17) is 8.83 Å². The zero-order valence-electron chi connectivity index (χ0n) is 18.0. The highest BCUT2D eigenvalue weighted by atomic mass is 32.2. The normalized spacial score (nSPS) is 14.8. The number of fused-ring (bicyclic) bond motifs is 1. The maximum atomic E-state index is 12.9. The maximum absolute atomic E-state index is 12.9. The van der Waals surface area contributed by atoms with Crippen LogP contribution in [-0.2, 0) is 12.3 Å². The van der Waals surface area contributed by atoms with Gasteiger partial charge in [-0.05, 0) is 36.2 Å². The molecular formula is C25H25N3O3S. The first-order chi connectivity index (χ1) is 15.7. The van der Waals surface area contributed by atoms with Crippen LogP contribution in [0, 0.1) is 6.92 Å². The summed E-state index contributed by atoms with van der Waals surface area (Å²) in [5, 5.41) is 0.605. The zero-order chi connectivity index (χ0) is 21.9. The molecule has 1 aliphatic heterocycles. The molecule has 1 fully saturated rings. The number of aryl methyl sites for hydroxylation is 1. The highest BCUT2D eigenvalue weighted by molar-refractivity contribution is 7.98. The van der Waals surface area contributed by atoms with Gasteiger partial charge in [-0.2, -0.15) is 0 Å². The van der Waals surface area contributed by atoms with E-state index in [1.807, 2.05) is 42.2 Å². The van der Waals surface area contributed by atoms with Gasteiger partial charge >= 0.3 is 0 Å². The third-order valence-corrected chi connectivity index (χ3v) is 6.57. The number of piperazine rings is 1. The van der Waals surface area contributed by atoms with E-state index in [1.165, 1.54) is 17.3 Å². The fourth-order valence-corrected chi connectivity index (χ4v) is 4.66. The van der Waals surface area contributed by atoms with Crippen molar-refractivity contribution in [3.05, 3.63) is 83.3 Å². The highest BCUT2D eigenvalue weighted by Gasteiger charge is 2.24. The predicted octanol–water partition coefficient (Wildman–Crippen LogP) is 4.98. The summed E-state index contributed by atoms with van der Waals surface area (Å²) in [5.41, 5.74) is 4.06. The summed E-state index contributed by atoms with van der Waals surface area (Å²) in [7, 11) is 0. The van der Waals surface area contributed by atoms with E-state index >= 15 is 0 Å². The number of thioether (sulfide) groups is 1. The van der Waals surface area contributed by atoms with Gasteiger partial charge in [0.1, 0.15) is 11.3 Å². The van der Waals surface area contributed by atoms with Crippen molar-refractivity contribution < 1.29 is 13.6 Å². The number of carbonyl (C=O) groups is 1. The molecule has 164 valence electrons. The van der Waals surface area contributed by atoms with Gasteiger partial charge in [-0.25, -0.2) is 4.98 Å². The summed E-state index contributed by atoms with van der Waals surface area (Å²) in [6, 6.07) is 20.0. The third-order valence-electron chi connectivity index (χ3n) is 5.72. The number of para-hydroxylation sites is 1. The molecule has 32 heavy (non-hydrogen) atoms. The Balaban J connectivity index is 1.15. The average molecular weight is 448 g/mol. The summed E-state index contributed by atoms with van der Waals surface area (Å²) in [6.45, 7) is 6.07. The molecule has 0 atom stereocenters. The average Bonchev–Trinajstić information content (AvgIpc) is 3.46. The Morgan fingerprint density at radius 2 is 1.78 bits per heavy atom. The number of rotatable bonds is 6. The molecule has 3 heterocycles. The second-order valence-electron chi connectivity index (χ2n) is 8.01. The molecule has 1 aliphatic rings. The number of benzene rings is 2. The van der Waals surface area contributed by atoms with Gasteiger partial charge < -0.3 is 13.7 Å². The lowest BCUT2D eigenvalue weighted by Crippen LogP contribution is -2.48. The van der Waals surface area contributed by atoms with Gasteiger partial charge in [0.05, 0.1) is 5.75 Å². The fraction of sp³-hybridized carbons (Fsp3) is 0.280. The number of carbonyl (C=O) groups excluding carboxylic acids is 1. The summed E-state index contributed by atoms with van der Waals surface area (Å²) in [5.74, 6) is 1.65. The van der Waals surface area contributed by atoms with E-state index in [2.05, 4.69) is 34.1 Å². The number of amides is 1. The minimum atomic E-state index is -0.0434. The second-order valence-corrected chi connectivity index (χ2v) is 8.94. The minimum Gasteiger partial charge on any atom is -0.455 e. The molecule has 0 bridgehead atoms. The van der Waals surface area contributed by atoms with E-state index < -0.39 is 0 Å². The van der Waals surface area contributed by atoms with Gasteiger partial charge in [0, 0.05) is 32.7 Å². The zero-order valence-corrected chi connectivity index (χ0v) is 18.8. The van der Waals surface area contributed by atoms with Crippen LogP contribution in [-0.4, -0.2) is 46.9 Å². The van der Waals surface area contributed by atoms with Crippen molar-refractivity contribution in [2.75, 3.05) is 26.2 Å². The van der Waals surface area contributed by atoms with E-state index in [0.717, 1.165) is 42.1 Å². The standard InChI is InChI=1S/C25H25N3O3S/c1-18-6-5-9-21-23(18)26-25(31-21)32-17-20-10-11-22(30-20)24(29)28-14-12-27(13-15-28)16-19-7-3-2-4-8-19/h2-11H,12-17H2,1H3. The van der Waals surface area contributed by atoms with Gasteiger partial charge in [0.25, 0.3) is 11.1 Å². The van der Waals surface area contributed by atoms with Crippen LogP contribution in [0.2, 0.25) is 0 Å². The topological polar surface area (TPSA) is 62.7 Å². The van der Waals surface area contributed by atoms with Crippen LogP contribution in [0.1, 0.15) is 27.4 Å². The molecule has 0 spiro atoms. The van der Waals surface area contributed by atoms with Crippen molar-refractivity contribution in [2.24, 2.45) is 0 Å². The number of hydrogen-bond acceptors (Lipinski definition) is 6. The minimum absolute atomic E-state index is 0.0434. The Bertz CT molecular complexity index is 1210. The van der Waals surface area contributed by atoms with Crippen LogP contribution in [0.3, 0.4) is 0 Å². The SMILES string of the molecule is Cc1cccc2oc(SCc3ccc(C(=O)N4CCN(Cc5ccccc5)CC4)o3)nc12. The lowest BCUT2D eigenvalue weighted by Gasteiger charge is -2.34. The number of furan rings is 1. The quantitative estimate of drug-likeness (QED) is 0.389. The molecular weight excluding hydrogens is 422 g/mol. The summed E-state index contributed by atoms with van der Waals surface area (Å²) >= 11 is 1.47. The summed E-state index contributed by atoms with van der Waals surface area (Å²) < 4.78 is 11.6. The van der Waals surface area contributed by atoms with E-state index in [0.29, 0.717) is 29.8 Å². The summed E-state index contributed by atoms with van der Waals surface area (Å²) in [6.07, 6.45) is 0.